The second-order valence-electron chi connectivity index (χ2n) is 9.79. The molecule has 1 aromatic carbocycles. The fraction of sp³-hybridized carbons (Fsp3) is 0.609. The number of benzene rings is 1. The van der Waals surface area contributed by atoms with Crippen LogP contribution in [0.3, 0.4) is 0 Å². The maximum Gasteiger partial charge on any atom is 0.416 e. The summed E-state index contributed by atoms with van der Waals surface area (Å²) in [6.45, 7) is 0.966. The van der Waals surface area contributed by atoms with Gasteiger partial charge in [-0.2, -0.15) is 17.7 Å². The van der Waals surface area contributed by atoms with Crippen molar-refractivity contribution in [2.45, 2.75) is 43.2 Å². The minimum absolute atomic E-state index is 0.0693. The predicted molar refractivity (Wildman–Crippen MR) is 118 cm³/mol. The normalized spacial score (nSPS) is 25.0. The lowest BCUT2D eigenvalue weighted by atomic mass is 9.84. The summed E-state index contributed by atoms with van der Waals surface area (Å²) in [7, 11) is -1.25. The molecular weight excluding hydrogens is 485 g/mol. The molecule has 2 aromatic rings. The van der Waals surface area contributed by atoms with Gasteiger partial charge in [0.25, 0.3) is 0 Å². The Hall–Kier alpha value is -2.63. The zero-order valence-electron chi connectivity index (χ0n) is 19.4. The average molecular weight is 514 g/mol. The first kappa shape index (κ1) is 24.1. The van der Waals surface area contributed by atoms with Crippen LogP contribution >= 0.6 is 0 Å². The largest absolute Gasteiger partial charge is 0.416 e. The summed E-state index contributed by atoms with van der Waals surface area (Å²) in [6.07, 6.45) is -1.71. The lowest BCUT2D eigenvalue weighted by Crippen LogP contribution is -2.53. The Bertz CT molecular complexity index is 1190. The van der Waals surface area contributed by atoms with E-state index in [4.69, 9.17) is 4.52 Å². The average Bonchev–Trinajstić information content (AvgIpc) is 3.59. The van der Waals surface area contributed by atoms with Crippen LogP contribution in [0.1, 0.15) is 59.9 Å². The summed E-state index contributed by atoms with van der Waals surface area (Å²) >= 11 is 0. The third-order valence-electron chi connectivity index (χ3n) is 7.24. The van der Waals surface area contributed by atoms with E-state index in [1.807, 2.05) is 11.6 Å². The van der Waals surface area contributed by atoms with Crippen LogP contribution in [0, 0.1) is 0 Å². The number of rotatable bonds is 3. The number of nitrogens with zero attached hydrogens (tertiary/aromatic N) is 4. The van der Waals surface area contributed by atoms with Crippen molar-refractivity contribution in [3.63, 3.8) is 0 Å². The minimum atomic E-state index is -4.42. The Labute approximate surface area is 201 Å². The third kappa shape index (κ3) is 5.03. The molecule has 3 fully saturated rings. The molecule has 2 amide bonds. The molecule has 0 N–H and O–H groups in total. The Kier molecular flexibility index (Phi) is 6.05. The minimum Gasteiger partial charge on any atom is -0.323 e. The first-order chi connectivity index (χ1) is 16.5. The van der Waals surface area contributed by atoms with Gasteiger partial charge in [-0.3, -0.25) is 0 Å². The van der Waals surface area contributed by atoms with E-state index in [1.165, 1.54) is 12.1 Å². The third-order valence-corrected chi connectivity index (χ3v) is 8.85. The van der Waals surface area contributed by atoms with Crippen molar-refractivity contribution in [1.82, 2.24) is 15.0 Å². The molecule has 190 valence electrons. The monoisotopic (exact) mass is 513 g/mol. The van der Waals surface area contributed by atoms with Gasteiger partial charge in [-0.15, -0.1) is 0 Å². The zero-order valence-corrected chi connectivity index (χ0v) is 20.2. The van der Waals surface area contributed by atoms with Crippen LogP contribution in [0.2, 0.25) is 0 Å². The van der Waals surface area contributed by atoms with Gasteiger partial charge in [-0.25, -0.2) is 17.7 Å². The van der Waals surface area contributed by atoms with Crippen molar-refractivity contribution in [3.05, 3.63) is 47.1 Å². The summed E-state index contributed by atoms with van der Waals surface area (Å²) in [5, 5.41) is 4.25. The summed E-state index contributed by atoms with van der Waals surface area (Å²) in [5.41, 5.74) is -0.00177. The van der Waals surface area contributed by atoms with Crippen LogP contribution in [-0.2, 0) is 23.1 Å². The highest BCUT2D eigenvalue weighted by molar-refractivity contribution is 7.91. The van der Waals surface area contributed by atoms with Crippen LogP contribution in [-0.4, -0.2) is 67.1 Å². The number of carbonyl (C=O) groups is 1. The summed E-state index contributed by atoms with van der Waals surface area (Å²) in [4.78, 5) is 16.6. The fourth-order valence-electron chi connectivity index (χ4n) is 5.09. The molecule has 2 unspecified atom stereocenters. The maximum atomic E-state index is 13.4. The van der Waals surface area contributed by atoms with E-state index >= 15 is 0 Å². The highest BCUT2D eigenvalue weighted by atomic mass is 32.2. The number of amides is 2. The quantitative estimate of drug-likeness (QED) is 0.589. The lowest BCUT2D eigenvalue weighted by molar-refractivity contribution is -0.692. The van der Waals surface area contributed by atoms with E-state index in [0.717, 1.165) is 30.8 Å². The summed E-state index contributed by atoms with van der Waals surface area (Å²) < 4.78 is 70.5. The zero-order chi connectivity index (χ0) is 25.0. The van der Waals surface area contributed by atoms with Crippen LogP contribution in [0.15, 0.2) is 28.8 Å². The Morgan fingerprint density at radius 3 is 2.26 bits per heavy atom. The van der Waals surface area contributed by atoms with Gasteiger partial charge in [0, 0.05) is 32.1 Å². The second kappa shape index (κ2) is 8.79. The molecule has 0 spiro atoms. The van der Waals surface area contributed by atoms with E-state index in [1.54, 1.807) is 9.80 Å². The number of aromatic nitrogens is 2. The van der Waals surface area contributed by atoms with Crippen molar-refractivity contribution >= 4 is 15.9 Å². The van der Waals surface area contributed by atoms with Gasteiger partial charge in [0.1, 0.15) is 0 Å². The number of hydrogen-bond donors (Lipinski definition) is 0. The Morgan fingerprint density at radius 2 is 1.66 bits per heavy atom. The number of carbonyl (C=O) groups excluding carboxylic acids is 1. The molecule has 5 rings (SSSR count). The SMILES string of the molecule is C[n+]1c(C2CC2)noc1C1CC(c2ccc(C(F)(F)F)cc2)CN(C(=O)N2CCS(=O)(=O)CC2)C1. The second-order valence-corrected chi connectivity index (χ2v) is 12.1. The van der Waals surface area contributed by atoms with Crippen LogP contribution in [0.5, 0.6) is 0 Å². The van der Waals surface area contributed by atoms with Gasteiger partial charge in [-0.05, 0) is 37.0 Å². The topological polar surface area (TPSA) is 87.6 Å². The molecule has 35 heavy (non-hydrogen) atoms. The van der Waals surface area contributed by atoms with Gasteiger partial charge in [0.15, 0.2) is 15.0 Å². The van der Waals surface area contributed by atoms with E-state index in [2.05, 4.69) is 5.16 Å². The number of halogens is 3. The number of piperidine rings is 1. The highest BCUT2D eigenvalue weighted by Crippen LogP contribution is 2.40. The standard InChI is InChI=1S/C23H28F3N4O4S/c1-28-20(16-2-3-16)27-34-21(28)18-12-17(15-4-6-19(7-5-15)23(24,25)26)13-30(14-18)22(31)29-8-10-35(32,33)11-9-29/h4-7,16-18H,2-3,8-14H2,1H3/q+1. The first-order valence-electron chi connectivity index (χ1n) is 11.8. The molecule has 0 radical (unpaired) electrons. The lowest BCUT2D eigenvalue weighted by Gasteiger charge is -2.40. The smallest absolute Gasteiger partial charge is 0.323 e. The first-order valence-corrected chi connectivity index (χ1v) is 13.6. The number of urea groups is 1. The van der Waals surface area contributed by atoms with E-state index in [-0.39, 0.29) is 42.5 Å². The number of likely N-dealkylation sites (tertiary alicyclic amines) is 1. The van der Waals surface area contributed by atoms with Gasteiger partial charge in [-0.1, -0.05) is 12.1 Å². The molecule has 1 aromatic heterocycles. The molecule has 1 aliphatic carbocycles. The molecule has 8 nitrogen and oxygen atoms in total. The van der Waals surface area contributed by atoms with E-state index in [0.29, 0.717) is 36.9 Å². The number of hydrogen-bond acceptors (Lipinski definition) is 5. The summed E-state index contributed by atoms with van der Waals surface area (Å²) in [6, 6.07) is 4.83. The Morgan fingerprint density at radius 1 is 1.03 bits per heavy atom. The van der Waals surface area contributed by atoms with Gasteiger partial charge < -0.3 is 9.80 Å². The van der Waals surface area contributed by atoms with Crippen LogP contribution in [0.25, 0.3) is 0 Å². The fourth-order valence-corrected chi connectivity index (χ4v) is 6.29. The predicted octanol–water partition coefficient (Wildman–Crippen LogP) is 2.82. The number of sulfone groups is 1. The molecule has 3 aliphatic rings. The molecule has 12 heteroatoms. The molecule has 2 atom stereocenters. The van der Waals surface area contributed by atoms with Crippen LogP contribution < -0.4 is 4.57 Å². The highest BCUT2D eigenvalue weighted by Gasteiger charge is 2.43. The Balaban J connectivity index is 1.41. The molecule has 0 bridgehead atoms. The maximum absolute atomic E-state index is 13.4. The van der Waals surface area contributed by atoms with Gasteiger partial charge >= 0.3 is 23.9 Å². The van der Waals surface area contributed by atoms with Crippen molar-refractivity contribution < 1.29 is 35.5 Å². The van der Waals surface area contributed by atoms with E-state index < -0.39 is 21.6 Å². The van der Waals surface area contributed by atoms with Crippen molar-refractivity contribution in [2.75, 3.05) is 37.7 Å². The van der Waals surface area contributed by atoms with Crippen molar-refractivity contribution in [2.24, 2.45) is 7.05 Å². The molecular formula is C23H28F3N4O4S+. The number of alkyl halides is 3. The van der Waals surface area contributed by atoms with Gasteiger partial charge in [0.05, 0.1) is 36.0 Å². The molecule has 2 aliphatic heterocycles. The van der Waals surface area contributed by atoms with Gasteiger partial charge in [0.2, 0.25) is 0 Å². The molecule has 2 saturated heterocycles. The molecule has 3 heterocycles. The van der Waals surface area contributed by atoms with Crippen molar-refractivity contribution in [3.8, 4) is 0 Å². The van der Waals surface area contributed by atoms with E-state index in [9.17, 15) is 26.4 Å². The molecule has 1 saturated carbocycles. The van der Waals surface area contributed by atoms with Crippen LogP contribution in [0.4, 0.5) is 18.0 Å². The summed E-state index contributed by atoms with van der Waals surface area (Å²) in [5.74, 6) is 1.35. The van der Waals surface area contributed by atoms with Crippen molar-refractivity contribution in [1.29, 1.82) is 0 Å².